The van der Waals surface area contributed by atoms with Gasteiger partial charge in [-0.15, -0.1) is 5.06 Å². The number of nitrogens with one attached hydrogen (secondary N) is 1. The number of hydroxylamine groups is 2. The molecule has 0 aliphatic rings. The fourth-order valence-corrected chi connectivity index (χ4v) is 1.25. The number of nitrogens with zero attached hydrogens (tertiary/aromatic N) is 1. The van der Waals surface area contributed by atoms with E-state index in [0.717, 1.165) is 0 Å². The van der Waals surface area contributed by atoms with Crippen LogP contribution in [0.5, 0.6) is 5.75 Å². The quantitative estimate of drug-likeness (QED) is 0.855. The normalized spacial score (nSPS) is 9.55. The second-order valence-electron chi connectivity index (χ2n) is 3.87. The van der Waals surface area contributed by atoms with Crippen molar-refractivity contribution in [3.63, 3.8) is 0 Å². The summed E-state index contributed by atoms with van der Waals surface area (Å²) in [4.78, 5) is 37.9. The second kappa shape index (κ2) is 7.13. The maximum atomic E-state index is 11.5. The van der Waals surface area contributed by atoms with Crippen molar-refractivity contribution in [2.45, 2.75) is 20.3 Å². The van der Waals surface area contributed by atoms with Crippen LogP contribution in [0.3, 0.4) is 0 Å². The lowest BCUT2D eigenvalue weighted by molar-refractivity contribution is -0.171. The van der Waals surface area contributed by atoms with Crippen LogP contribution in [-0.4, -0.2) is 30.1 Å². The fraction of sp³-hybridized carbons (Fsp3) is 0.308. The minimum atomic E-state index is -0.828. The summed E-state index contributed by atoms with van der Waals surface area (Å²) in [5, 5.41) is 3.35. The van der Waals surface area contributed by atoms with Crippen molar-refractivity contribution in [3.8, 4) is 5.75 Å². The number of amides is 2. The number of carbonyl (C=O) groups is 3. The number of hydrogen-bond acceptors (Lipinski definition) is 5. The Morgan fingerprint density at radius 3 is 2.30 bits per heavy atom. The lowest BCUT2D eigenvalue weighted by Crippen LogP contribution is -2.31. The van der Waals surface area contributed by atoms with E-state index in [9.17, 15) is 14.4 Å². The zero-order chi connectivity index (χ0) is 15.1. The first-order chi connectivity index (χ1) is 9.42. The largest absolute Gasteiger partial charge is 0.448 e. The van der Waals surface area contributed by atoms with Gasteiger partial charge < -0.3 is 14.9 Å². The third-order valence-corrected chi connectivity index (χ3v) is 2.19. The third kappa shape index (κ3) is 4.97. The number of carbonyl (C=O) groups excluding carboxylic acids is 3. The van der Waals surface area contributed by atoms with Gasteiger partial charge in [-0.3, -0.25) is 9.59 Å². The molecule has 0 fully saturated rings. The topological polar surface area (TPSA) is 84.9 Å². The van der Waals surface area contributed by atoms with Gasteiger partial charge in [0.1, 0.15) is 5.75 Å². The first-order valence-corrected chi connectivity index (χ1v) is 5.96. The Bertz CT molecular complexity index is 498. The molecule has 7 nitrogen and oxygen atoms in total. The molecule has 20 heavy (non-hydrogen) atoms. The van der Waals surface area contributed by atoms with Crippen LogP contribution < -0.4 is 10.1 Å². The molecule has 1 aromatic rings. The molecule has 0 atom stereocenters. The minimum Gasteiger partial charge on any atom is -0.408 e. The van der Waals surface area contributed by atoms with Crippen molar-refractivity contribution in [2.24, 2.45) is 0 Å². The highest BCUT2D eigenvalue weighted by Crippen LogP contribution is 2.16. The Morgan fingerprint density at radius 2 is 1.80 bits per heavy atom. The molecule has 2 amide bonds. The Morgan fingerprint density at radius 1 is 1.20 bits per heavy atom. The molecule has 1 N–H and O–H groups in total. The monoisotopic (exact) mass is 280 g/mol. The van der Waals surface area contributed by atoms with Gasteiger partial charge in [-0.25, -0.2) is 4.79 Å². The number of ether oxygens (including phenoxy) is 1. The van der Waals surface area contributed by atoms with Gasteiger partial charge in [-0.1, -0.05) is 6.92 Å². The van der Waals surface area contributed by atoms with E-state index in [1.54, 1.807) is 19.1 Å². The molecule has 0 spiro atoms. The number of benzene rings is 1. The van der Waals surface area contributed by atoms with E-state index in [1.807, 2.05) is 0 Å². The van der Waals surface area contributed by atoms with Gasteiger partial charge >= 0.3 is 12.1 Å². The van der Waals surface area contributed by atoms with Crippen molar-refractivity contribution in [1.82, 2.24) is 5.06 Å². The minimum absolute atomic E-state index is 0.107. The molecule has 0 aromatic heterocycles. The summed E-state index contributed by atoms with van der Waals surface area (Å²) in [6, 6.07) is 6.24. The summed E-state index contributed by atoms with van der Waals surface area (Å²) < 4.78 is 4.96. The van der Waals surface area contributed by atoms with Crippen LogP contribution in [0.15, 0.2) is 24.3 Å². The standard InChI is InChI=1S/C13H16N2O5/c1-4-12(17)14-10-5-7-11(8-6-10)19-13(18)15(3)20-9(2)16/h5-8H,4H2,1-3H3,(H,14,17). The SMILES string of the molecule is CCC(=O)Nc1ccc(OC(=O)N(C)OC(C)=O)cc1. The van der Waals surface area contributed by atoms with E-state index in [4.69, 9.17) is 4.74 Å². The predicted molar refractivity (Wildman–Crippen MR) is 70.9 cm³/mol. The summed E-state index contributed by atoms with van der Waals surface area (Å²) in [5.41, 5.74) is 0.602. The smallest absolute Gasteiger partial charge is 0.408 e. The van der Waals surface area contributed by atoms with Gasteiger partial charge in [0.15, 0.2) is 0 Å². The molecule has 0 unspecified atom stereocenters. The second-order valence-corrected chi connectivity index (χ2v) is 3.87. The van der Waals surface area contributed by atoms with Gasteiger partial charge in [0.25, 0.3) is 0 Å². The van der Waals surface area contributed by atoms with Crippen LogP contribution in [0.4, 0.5) is 10.5 Å². The average molecular weight is 280 g/mol. The van der Waals surface area contributed by atoms with E-state index < -0.39 is 12.1 Å². The predicted octanol–water partition coefficient (Wildman–Crippen LogP) is 1.94. The van der Waals surface area contributed by atoms with Gasteiger partial charge in [-0.05, 0) is 24.3 Å². The summed E-state index contributed by atoms with van der Waals surface area (Å²) >= 11 is 0. The summed E-state index contributed by atoms with van der Waals surface area (Å²) in [6.07, 6.45) is -0.449. The Kier molecular flexibility index (Phi) is 5.52. The van der Waals surface area contributed by atoms with E-state index in [0.29, 0.717) is 17.2 Å². The molecular formula is C13H16N2O5. The van der Waals surface area contributed by atoms with Crippen LogP contribution in [0.25, 0.3) is 0 Å². The molecule has 7 heteroatoms. The van der Waals surface area contributed by atoms with Gasteiger partial charge in [0.05, 0.1) is 7.05 Å². The molecule has 1 rings (SSSR count). The van der Waals surface area contributed by atoms with Crippen LogP contribution in [0, 0.1) is 0 Å². The van der Waals surface area contributed by atoms with E-state index in [1.165, 1.54) is 26.1 Å². The maximum absolute atomic E-state index is 11.5. The van der Waals surface area contributed by atoms with E-state index in [-0.39, 0.29) is 11.7 Å². The summed E-state index contributed by atoms with van der Waals surface area (Å²) in [7, 11) is 1.26. The summed E-state index contributed by atoms with van der Waals surface area (Å²) in [6.45, 7) is 2.92. The first-order valence-electron chi connectivity index (χ1n) is 5.96. The Hall–Kier alpha value is -2.57. The molecule has 0 saturated heterocycles. The van der Waals surface area contributed by atoms with Gasteiger partial charge in [0.2, 0.25) is 5.91 Å². The number of rotatable bonds is 3. The van der Waals surface area contributed by atoms with Crippen LogP contribution in [0.1, 0.15) is 20.3 Å². The van der Waals surface area contributed by atoms with Crippen molar-refractivity contribution in [3.05, 3.63) is 24.3 Å². The first kappa shape index (κ1) is 15.5. The Labute approximate surface area is 116 Å². The van der Waals surface area contributed by atoms with Gasteiger partial charge in [0, 0.05) is 19.0 Å². The lowest BCUT2D eigenvalue weighted by Gasteiger charge is -2.14. The number of hydrogen-bond donors (Lipinski definition) is 1. The lowest BCUT2D eigenvalue weighted by atomic mass is 10.3. The molecule has 0 aliphatic carbocycles. The fourth-order valence-electron chi connectivity index (χ4n) is 1.25. The van der Waals surface area contributed by atoms with Crippen molar-refractivity contribution in [2.75, 3.05) is 12.4 Å². The molecule has 0 saturated carbocycles. The highest BCUT2D eigenvalue weighted by atomic mass is 16.7. The highest BCUT2D eigenvalue weighted by molar-refractivity contribution is 5.90. The summed E-state index contributed by atoms with van der Waals surface area (Å²) in [5.74, 6) is -0.463. The van der Waals surface area contributed by atoms with Crippen molar-refractivity contribution < 1.29 is 24.0 Å². The van der Waals surface area contributed by atoms with E-state index >= 15 is 0 Å². The molecule has 0 aliphatic heterocycles. The molecular weight excluding hydrogens is 264 g/mol. The molecule has 0 heterocycles. The average Bonchev–Trinajstić information content (AvgIpc) is 2.40. The molecule has 108 valence electrons. The molecule has 0 radical (unpaired) electrons. The number of anilines is 1. The van der Waals surface area contributed by atoms with Crippen LogP contribution in [0.2, 0.25) is 0 Å². The molecule has 0 bridgehead atoms. The molecule has 1 aromatic carbocycles. The zero-order valence-electron chi connectivity index (χ0n) is 11.5. The van der Waals surface area contributed by atoms with Crippen molar-refractivity contribution in [1.29, 1.82) is 0 Å². The third-order valence-electron chi connectivity index (χ3n) is 2.19. The van der Waals surface area contributed by atoms with Crippen LogP contribution >= 0.6 is 0 Å². The maximum Gasteiger partial charge on any atom is 0.448 e. The van der Waals surface area contributed by atoms with E-state index in [2.05, 4.69) is 10.2 Å². The highest BCUT2D eigenvalue weighted by Gasteiger charge is 2.14. The van der Waals surface area contributed by atoms with Crippen LogP contribution in [-0.2, 0) is 14.4 Å². The van der Waals surface area contributed by atoms with Gasteiger partial charge in [-0.2, -0.15) is 0 Å². The van der Waals surface area contributed by atoms with Crippen molar-refractivity contribution >= 4 is 23.7 Å². The zero-order valence-corrected chi connectivity index (χ0v) is 11.5. The Balaban J connectivity index is 2.59.